The van der Waals surface area contributed by atoms with Crippen LogP contribution in [0.3, 0.4) is 0 Å². The van der Waals surface area contributed by atoms with Crippen molar-refractivity contribution in [1.29, 1.82) is 0 Å². The molecule has 1 aromatic heterocycles. The number of carboxylic acid groups (broad SMARTS) is 1. The van der Waals surface area contributed by atoms with Crippen molar-refractivity contribution in [2.45, 2.75) is 32.9 Å². The van der Waals surface area contributed by atoms with Gasteiger partial charge in [0.15, 0.2) is 0 Å². The first-order chi connectivity index (χ1) is 17.6. The summed E-state index contributed by atoms with van der Waals surface area (Å²) in [6, 6.07) is 11.4. The monoisotopic (exact) mass is 547 g/mol. The summed E-state index contributed by atoms with van der Waals surface area (Å²) in [5.74, 6) is -0.156. The van der Waals surface area contributed by atoms with Crippen molar-refractivity contribution in [2.24, 2.45) is 0 Å². The first-order valence-corrected chi connectivity index (χ1v) is 12.0. The van der Waals surface area contributed by atoms with Gasteiger partial charge in [0.1, 0.15) is 5.75 Å². The Hall–Kier alpha value is -3.83. The molecule has 0 fully saturated rings. The van der Waals surface area contributed by atoms with Gasteiger partial charge >= 0.3 is 12.0 Å². The van der Waals surface area contributed by atoms with Gasteiger partial charge in [0.05, 0.1) is 29.3 Å². The van der Waals surface area contributed by atoms with E-state index in [1.54, 1.807) is 47.4 Å². The molecule has 4 N–H and O–H groups in total. The molecule has 0 radical (unpaired) electrons. The molecule has 2 aromatic carbocycles. The number of benzene rings is 2. The molecule has 0 aliphatic heterocycles. The number of aliphatic carboxylic acids is 1. The number of urea groups is 1. The Labute approximate surface area is 224 Å². The average molecular weight is 548 g/mol. The Kier molecular flexibility index (Phi) is 9.70. The van der Waals surface area contributed by atoms with Crippen LogP contribution in [0.1, 0.15) is 25.8 Å². The lowest BCUT2D eigenvalue weighted by molar-refractivity contribution is -0.136. The normalized spacial score (nSPS) is 10.6. The number of methoxy groups -OCH3 is 1. The molecule has 13 heteroatoms. The summed E-state index contributed by atoms with van der Waals surface area (Å²) < 4.78 is 5.26. The number of anilines is 4. The number of ether oxygens (including phenoxy) is 1. The van der Waals surface area contributed by atoms with Gasteiger partial charge in [-0.15, -0.1) is 0 Å². The fourth-order valence-corrected chi connectivity index (χ4v) is 3.55. The highest BCUT2D eigenvalue weighted by molar-refractivity contribution is 6.42. The van der Waals surface area contributed by atoms with E-state index in [2.05, 4.69) is 30.9 Å². The van der Waals surface area contributed by atoms with Gasteiger partial charge in [-0.05, 0) is 43.7 Å². The number of halogens is 2. The molecule has 196 valence electrons. The van der Waals surface area contributed by atoms with Crippen molar-refractivity contribution in [3.8, 4) is 5.75 Å². The van der Waals surface area contributed by atoms with E-state index in [-0.39, 0.29) is 43.4 Å². The van der Waals surface area contributed by atoms with Crippen molar-refractivity contribution in [1.82, 2.24) is 15.0 Å². The number of carbonyl (C=O) groups excluding carboxylic acids is 1. The molecule has 0 bridgehead atoms. The van der Waals surface area contributed by atoms with Crippen LogP contribution in [0.5, 0.6) is 5.75 Å². The summed E-state index contributed by atoms with van der Waals surface area (Å²) in [6.07, 6.45) is -0.170. The van der Waals surface area contributed by atoms with Gasteiger partial charge in [0.25, 0.3) is 0 Å². The molecule has 37 heavy (non-hydrogen) atoms. The largest absolute Gasteiger partial charge is 0.495 e. The topological polar surface area (TPSA) is 142 Å². The van der Waals surface area contributed by atoms with E-state index in [4.69, 9.17) is 27.9 Å². The maximum absolute atomic E-state index is 12.7. The Balaban J connectivity index is 1.91. The van der Waals surface area contributed by atoms with E-state index in [0.717, 1.165) is 5.56 Å². The Bertz CT molecular complexity index is 1260. The number of aromatic nitrogens is 3. The minimum absolute atomic E-state index is 0.0203. The zero-order valence-corrected chi connectivity index (χ0v) is 22.0. The van der Waals surface area contributed by atoms with Gasteiger partial charge in [-0.1, -0.05) is 41.4 Å². The van der Waals surface area contributed by atoms with Crippen molar-refractivity contribution in [3.05, 3.63) is 58.1 Å². The third-order valence-electron chi connectivity index (χ3n) is 4.86. The van der Waals surface area contributed by atoms with Crippen LogP contribution >= 0.6 is 23.2 Å². The van der Waals surface area contributed by atoms with E-state index >= 15 is 0 Å². The number of nitrogens with zero attached hydrogens (tertiary/aromatic N) is 4. The predicted molar refractivity (Wildman–Crippen MR) is 144 cm³/mol. The fraction of sp³-hybridized carbons (Fsp3) is 0.292. The zero-order valence-electron chi connectivity index (χ0n) is 20.5. The van der Waals surface area contributed by atoms with Crippen molar-refractivity contribution >= 4 is 58.7 Å². The highest BCUT2D eigenvalue weighted by Gasteiger charge is 2.18. The van der Waals surface area contributed by atoms with Gasteiger partial charge in [0, 0.05) is 19.1 Å². The lowest BCUT2D eigenvalue weighted by Crippen LogP contribution is -2.29. The second-order valence-corrected chi connectivity index (χ2v) is 8.99. The van der Waals surface area contributed by atoms with E-state index in [9.17, 15) is 14.7 Å². The molecular weight excluding hydrogens is 521 g/mol. The van der Waals surface area contributed by atoms with Crippen molar-refractivity contribution < 1.29 is 19.4 Å². The first kappa shape index (κ1) is 27.8. The summed E-state index contributed by atoms with van der Waals surface area (Å²) in [5.41, 5.74) is 1.22. The van der Waals surface area contributed by atoms with Crippen LogP contribution in [0.15, 0.2) is 42.5 Å². The van der Waals surface area contributed by atoms with Crippen LogP contribution in [-0.4, -0.2) is 51.8 Å². The third kappa shape index (κ3) is 8.36. The molecule has 1 heterocycles. The van der Waals surface area contributed by atoms with Gasteiger partial charge < -0.3 is 25.4 Å². The average Bonchev–Trinajstić information content (AvgIpc) is 2.83. The van der Waals surface area contributed by atoms with E-state index in [1.165, 1.54) is 7.11 Å². The molecular formula is C24H27Cl2N7O4. The standard InChI is InChI=1S/C24H27Cl2N7O4/c1-14(2)27-21-29-22(32-24(36)28-18-6-4-5-7-19(18)37-3)31-23(30-21)33(11-10-20(34)35)13-15-8-9-16(25)17(26)12-15/h4-9,12,14H,10-11,13H2,1-3H3,(H,34,35)(H3,27,28,29,30,31,32,36). The molecule has 0 aliphatic rings. The van der Waals surface area contributed by atoms with Crippen LogP contribution < -0.4 is 25.6 Å². The highest BCUT2D eigenvalue weighted by Crippen LogP contribution is 2.25. The maximum atomic E-state index is 12.7. The Morgan fingerprint density at radius 1 is 1.03 bits per heavy atom. The van der Waals surface area contributed by atoms with Crippen LogP contribution in [0, 0.1) is 0 Å². The van der Waals surface area contributed by atoms with E-state index in [1.807, 2.05) is 13.8 Å². The number of para-hydroxylation sites is 2. The summed E-state index contributed by atoms with van der Waals surface area (Å²) in [4.78, 5) is 38.8. The predicted octanol–water partition coefficient (Wildman–Crippen LogP) is 5.13. The fourth-order valence-electron chi connectivity index (χ4n) is 3.23. The van der Waals surface area contributed by atoms with Crippen molar-refractivity contribution in [2.75, 3.05) is 34.5 Å². The van der Waals surface area contributed by atoms with Gasteiger partial charge in [-0.25, -0.2) is 4.79 Å². The van der Waals surface area contributed by atoms with E-state index < -0.39 is 12.0 Å². The summed E-state index contributed by atoms with van der Waals surface area (Å²) in [6.45, 7) is 4.14. The van der Waals surface area contributed by atoms with E-state index in [0.29, 0.717) is 21.5 Å². The molecule has 0 unspecified atom stereocenters. The molecule has 3 aromatic rings. The van der Waals surface area contributed by atoms with Crippen LogP contribution in [0.2, 0.25) is 10.0 Å². The zero-order chi connectivity index (χ0) is 26.9. The second-order valence-electron chi connectivity index (χ2n) is 8.17. The molecule has 0 atom stereocenters. The lowest BCUT2D eigenvalue weighted by atomic mass is 10.2. The van der Waals surface area contributed by atoms with Gasteiger partial charge in [0.2, 0.25) is 17.8 Å². The van der Waals surface area contributed by atoms with Crippen LogP contribution in [0.4, 0.5) is 28.3 Å². The number of carboxylic acids is 1. The second kappa shape index (κ2) is 12.9. The molecule has 2 amide bonds. The first-order valence-electron chi connectivity index (χ1n) is 11.3. The number of rotatable bonds is 11. The number of nitrogens with one attached hydrogen (secondary N) is 3. The van der Waals surface area contributed by atoms with Crippen LogP contribution in [0.25, 0.3) is 0 Å². The van der Waals surface area contributed by atoms with Crippen LogP contribution in [-0.2, 0) is 11.3 Å². The third-order valence-corrected chi connectivity index (χ3v) is 5.60. The number of carbonyl (C=O) groups is 2. The summed E-state index contributed by atoms with van der Waals surface area (Å²) >= 11 is 12.2. The number of hydrogen-bond donors (Lipinski definition) is 4. The summed E-state index contributed by atoms with van der Waals surface area (Å²) in [5, 5.41) is 18.4. The van der Waals surface area contributed by atoms with Gasteiger partial charge in [-0.2, -0.15) is 15.0 Å². The van der Waals surface area contributed by atoms with Gasteiger partial charge in [-0.3, -0.25) is 10.1 Å². The lowest BCUT2D eigenvalue weighted by Gasteiger charge is -2.23. The highest BCUT2D eigenvalue weighted by atomic mass is 35.5. The molecule has 0 saturated heterocycles. The number of hydrogen-bond acceptors (Lipinski definition) is 8. The summed E-state index contributed by atoms with van der Waals surface area (Å²) in [7, 11) is 1.50. The molecule has 0 spiro atoms. The maximum Gasteiger partial charge on any atom is 0.326 e. The molecule has 3 rings (SSSR count). The number of amides is 2. The Morgan fingerprint density at radius 2 is 1.76 bits per heavy atom. The van der Waals surface area contributed by atoms with Crippen molar-refractivity contribution in [3.63, 3.8) is 0 Å². The smallest absolute Gasteiger partial charge is 0.326 e. The molecule has 0 aliphatic carbocycles. The SMILES string of the molecule is COc1ccccc1NC(=O)Nc1nc(NC(C)C)nc(N(CCC(=O)O)Cc2ccc(Cl)c(Cl)c2)n1. The quantitative estimate of drug-likeness (QED) is 0.257. The minimum Gasteiger partial charge on any atom is -0.495 e. The molecule has 11 nitrogen and oxygen atoms in total. The Morgan fingerprint density at radius 3 is 2.43 bits per heavy atom. The minimum atomic E-state index is -0.983. The molecule has 0 saturated carbocycles.